The second-order valence-corrected chi connectivity index (χ2v) is 6.77. The van der Waals surface area contributed by atoms with Crippen LogP contribution in [0.4, 0.5) is 5.69 Å². The smallest absolute Gasteiger partial charge is 0.272 e. The van der Waals surface area contributed by atoms with Gasteiger partial charge in [0.25, 0.3) is 5.91 Å². The molecule has 136 valence electrons. The maximum Gasteiger partial charge on any atom is 0.272 e. The predicted octanol–water partition coefficient (Wildman–Crippen LogP) is 4.54. The molecule has 2 aromatic carbocycles. The molecule has 0 unspecified atom stereocenters. The van der Waals surface area contributed by atoms with Gasteiger partial charge in [0.1, 0.15) is 5.69 Å². The monoisotopic (exact) mass is 358 g/mol. The Morgan fingerprint density at radius 3 is 2.70 bits per heavy atom. The van der Waals surface area contributed by atoms with Crippen molar-refractivity contribution in [1.82, 2.24) is 14.5 Å². The second kappa shape index (κ2) is 7.11. The van der Waals surface area contributed by atoms with Crippen molar-refractivity contribution < 1.29 is 4.79 Å². The molecule has 0 bridgehead atoms. The van der Waals surface area contributed by atoms with Crippen molar-refractivity contribution in [3.63, 3.8) is 0 Å². The summed E-state index contributed by atoms with van der Waals surface area (Å²) in [6.07, 6.45) is 6.29. The van der Waals surface area contributed by atoms with Gasteiger partial charge in [0, 0.05) is 35.5 Å². The molecule has 1 amide bonds. The number of aromatic amines is 1. The van der Waals surface area contributed by atoms with Crippen LogP contribution in [0.1, 0.15) is 34.1 Å². The van der Waals surface area contributed by atoms with Gasteiger partial charge in [-0.05, 0) is 48.7 Å². The van der Waals surface area contributed by atoms with Crippen molar-refractivity contribution in [2.45, 2.75) is 26.8 Å². The molecule has 0 spiro atoms. The standard InChI is InChI=1S/C22H22N4O/c1-3-18-19-12-15(2)4-9-20(19)25-21(18)22(27)24-17-7-5-16(6-8-17)13-26-11-10-23-14-26/h4-12,14,25H,3,13H2,1-2H3,(H,24,27). The minimum absolute atomic E-state index is 0.108. The lowest BCUT2D eigenvalue weighted by atomic mass is 10.1. The van der Waals surface area contributed by atoms with Gasteiger partial charge in [0.2, 0.25) is 0 Å². The van der Waals surface area contributed by atoms with Crippen LogP contribution in [0.3, 0.4) is 0 Å². The van der Waals surface area contributed by atoms with Crippen LogP contribution in [-0.4, -0.2) is 20.4 Å². The largest absolute Gasteiger partial charge is 0.350 e. The molecule has 27 heavy (non-hydrogen) atoms. The third kappa shape index (κ3) is 3.49. The highest BCUT2D eigenvalue weighted by Gasteiger charge is 2.16. The van der Waals surface area contributed by atoms with E-state index >= 15 is 0 Å². The number of rotatable bonds is 5. The summed E-state index contributed by atoms with van der Waals surface area (Å²) in [6, 6.07) is 14.1. The summed E-state index contributed by atoms with van der Waals surface area (Å²) in [6.45, 7) is 4.90. The molecule has 0 aliphatic rings. The Kier molecular flexibility index (Phi) is 4.50. The van der Waals surface area contributed by atoms with Crippen molar-refractivity contribution in [3.8, 4) is 0 Å². The molecule has 2 N–H and O–H groups in total. The molecule has 0 radical (unpaired) electrons. The van der Waals surface area contributed by atoms with E-state index in [0.717, 1.165) is 40.7 Å². The number of aromatic nitrogens is 3. The fourth-order valence-corrected chi connectivity index (χ4v) is 3.40. The number of hydrogen-bond donors (Lipinski definition) is 2. The summed E-state index contributed by atoms with van der Waals surface area (Å²) in [5, 5.41) is 4.13. The predicted molar refractivity (Wildman–Crippen MR) is 108 cm³/mol. The number of aryl methyl sites for hydroxylation is 2. The van der Waals surface area contributed by atoms with E-state index < -0.39 is 0 Å². The zero-order chi connectivity index (χ0) is 18.8. The van der Waals surface area contributed by atoms with Gasteiger partial charge >= 0.3 is 0 Å². The first-order valence-corrected chi connectivity index (χ1v) is 9.11. The minimum atomic E-state index is -0.108. The molecule has 0 aliphatic carbocycles. The summed E-state index contributed by atoms with van der Waals surface area (Å²) in [7, 11) is 0. The molecule has 0 saturated heterocycles. The van der Waals surface area contributed by atoms with Gasteiger partial charge in [0.05, 0.1) is 6.33 Å². The number of amides is 1. The van der Waals surface area contributed by atoms with E-state index in [1.54, 1.807) is 12.5 Å². The lowest BCUT2D eigenvalue weighted by Crippen LogP contribution is -2.14. The van der Waals surface area contributed by atoms with Gasteiger partial charge in [-0.1, -0.05) is 30.7 Å². The number of nitrogens with zero attached hydrogens (tertiary/aromatic N) is 2. The number of fused-ring (bicyclic) bond motifs is 1. The van der Waals surface area contributed by atoms with Gasteiger partial charge in [-0.3, -0.25) is 4.79 Å². The van der Waals surface area contributed by atoms with Gasteiger partial charge in [-0.15, -0.1) is 0 Å². The highest BCUT2D eigenvalue weighted by Crippen LogP contribution is 2.25. The fraction of sp³-hybridized carbons (Fsp3) is 0.182. The Morgan fingerprint density at radius 2 is 2.00 bits per heavy atom. The maximum absolute atomic E-state index is 12.8. The molecule has 0 fully saturated rings. The molecule has 4 aromatic rings. The lowest BCUT2D eigenvalue weighted by Gasteiger charge is -2.08. The summed E-state index contributed by atoms with van der Waals surface area (Å²) < 4.78 is 2.01. The topological polar surface area (TPSA) is 62.7 Å². The van der Waals surface area contributed by atoms with Crippen LogP contribution in [0.15, 0.2) is 61.2 Å². The molecule has 4 rings (SSSR count). The summed E-state index contributed by atoms with van der Waals surface area (Å²) in [5.74, 6) is -0.108. The number of nitrogens with one attached hydrogen (secondary N) is 2. The van der Waals surface area contributed by atoms with E-state index in [-0.39, 0.29) is 5.91 Å². The van der Waals surface area contributed by atoms with Crippen molar-refractivity contribution in [1.29, 1.82) is 0 Å². The minimum Gasteiger partial charge on any atom is -0.350 e. The van der Waals surface area contributed by atoms with Crippen LogP contribution >= 0.6 is 0 Å². The van der Waals surface area contributed by atoms with Crippen LogP contribution in [0.5, 0.6) is 0 Å². The number of anilines is 1. The molecule has 0 atom stereocenters. The molecule has 5 nitrogen and oxygen atoms in total. The number of hydrogen-bond acceptors (Lipinski definition) is 2. The Balaban J connectivity index is 1.54. The van der Waals surface area contributed by atoms with Crippen LogP contribution in [-0.2, 0) is 13.0 Å². The third-order valence-electron chi connectivity index (χ3n) is 4.78. The van der Waals surface area contributed by atoms with E-state index in [2.05, 4.69) is 41.3 Å². The number of benzene rings is 2. The first-order valence-electron chi connectivity index (χ1n) is 9.11. The Labute approximate surface area is 158 Å². The molecule has 0 saturated carbocycles. The number of H-pyrrole nitrogens is 1. The Hall–Kier alpha value is -3.34. The van der Waals surface area contributed by atoms with Crippen molar-refractivity contribution in [3.05, 3.63) is 83.6 Å². The van der Waals surface area contributed by atoms with Gasteiger partial charge in [0.15, 0.2) is 0 Å². The van der Waals surface area contributed by atoms with E-state index in [4.69, 9.17) is 0 Å². The van der Waals surface area contributed by atoms with E-state index in [0.29, 0.717) is 5.69 Å². The normalized spacial score (nSPS) is 11.0. The SMILES string of the molecule is CCc1c(C(=O)Nc2ccc(Cn3ccnc3)cc2)[nH]c2ccc(C)cc12. The summed E-state index contributed by atoms with van der Waals surface area (Å²) in [5.41, 5.74) is 5.83. The molecular formula is C22H22N4O. The summed E-state index contributed by atoms with van der Waals surface area (Å²) >= 11 is 0. The fourth-order valence-electron chi connectivity index (χ4n) is 3.40. The maximum atomic E-state index is 12.8. The molecule has 2 aromatic heterocycles. The molecule has 5 heteroatoms. The van der Waals surface area contributed by atoms with Crippen LogP contribution < -0.4 is 5.32 Å². The highest BCUT2D eigenvalue weighted by atomic mass is 16.1. The van der Waals surface area contributed by atoms with Crippen LogP contribution in [0.25, 0.3) is 10.9 Å². The molecule has 0 aliphatic heterocycles. The van der Waals surface area contributed by atoms with E-state index in [1.165, 1.54) is 5.56 Å². The number of imidazole rings is 1. The summed E-state index contributed by atoms with van der Waals surface area (Å²) in [4.78, 5) is 20.2. The lowest BCUT2D eigenvalue weighted by molar-refractivity contribution is 0.102. The zero-order valence-corrected chi connectivity index (χ0v) is 15.5. The quantitative estimate of drug-likeness (QED) is 0.550. The first-order chi connectivity index (χ1) is 13.1. The second-order valence-electron chi connectivity index (χ2n) is 6.77. The van der Waals surface area contributed by atoms with Crippen molar-refractivity contribution in [2.24, 2.45) is 0 Å². The van der Waals surface area contributed by atoms with Gasteiger partial charge in [-0.2, -0.15) is 0 Å². The van der Waals surface area contributed by atoms with Crippen LogP contribution in [0.2, 0.25) is 0 Å². The number of carbonyl (C=O) groups excluding carboxylic acids is 1. The first kappa shape index (κ1) is 17.1. The van der Waals surface area contributed by atoms with Gasteiger partial charge in [-0.25, -0.2) is 4.98 Å². The molecule has 2 heterocycles. The van der Waals surface area contributed by atoms with E-state index in [1.807, 2.05) is 41.1 Å². The Morgan fingerprint density at radius 1 is 1.19 bits per heavy atom. The highest BCUT2D eigenvalue weighted by molar-refractivity contribution is 6.08. The third-order valence-corrected chi connectivity index (χ3v) is 4.78. The van der Waals surface area contributed by atoms with Crippen molar-refractivity contribution in [2.75, 3.05) is 5.32 Å². The van der Waals surface area contributed by atoms with Crippen LogP contribution in [0, 0.1) is 6.92 Å². The average molecular weight is 358 g/mol. The molecular weight excluding hydrogens is 336 g/mol. The van der Waals surface area contributed by atoms with Crippen molar-refractivity contribution >= 4 is 22.5 Å². The average Bonchev–Trinajstić information content (AvgIpc) is 3.30. The van der Waals surface area contributed by atoms with E-state index in [9.17, 15) is 4.79 Å². The Bertz CT molecular complexity index is 1080. The number of carbonyl (C=O) groups is 1. The van der Waals surface area contributed by atoms with Gasteiger partial charge < -0.3 is 14.9 Å². The zero-order valence-electron chi connectivity index (χ0n) is 15.5.